The number of benzene rings is 1. The van der Waals surface area contributed by atoms with Gasteiger partial charge in [-0.15, -0.1) is 0 Å². The van der Waals surface area contributed by atoms with Crippen molar-refractivity contribution in [3.8, 4) is 0 Å². The van der Waals surface area contributed by atoms with E-state index in [4.69, 9.17) is 0 Å². The molecule has 2 heterocycles. The maximum absolute atomic E-state index is 12.4. The van der Waals surface area contributed by atoms with Gasteiger partial charge in [0.05, 0.1) is 12.0 Å². The average Bonchev–Trinajstić information content (AvgIpc) is 3.04. The molecule has 108 valence electrons. The highest BCUT2D eigenvalue weighted by atomic mass is 16.2. The highest BCUT2D eigenvalue weighted by Gasteiger charge is 2.33. The molecule has 2 aromatic rings. The quantitative estimate of drug-likeness (QED) is 0.787. The Labute approximate surface area is 123 Å². The van der Waals surface area contributed by atoms with Crippen molar-refractivity contribution in [1.82, 2.24) is 21.2 Å². The molecule has 2 unspecified atom stereocenters. The van der Waals surface area contributed by atoms with E-state index in [-0.39, 0.29) is 17.9 Å². The first-order valence-electron chi connectivity index (χ1n) is 7.04. The van der Waals surface area contributed by atoms with Gasteiger partial charge in [0, 0.05) is 25.5 Å². The second kappa shape index (κ2) is 6.47. The van der Waals surface area contributed by atoms with Gasteiger partial charge in [-0.25, -0.2) is 5.43 Å². The number of pyridine rings is 1. The molecule has 1 fully saturated rings. The van der Waals surface area contributed by atoms with E-state index in [2.05, 4.69) is 21.2 Å². The van der Waals surface area contributed by atoms with Gasteiger partial charge in [-0.3, -0.25) is 15.2 Å². The van der Waals surface area contributed by atoms with Gasteiger partial charge < -0.3 is 5.32 Å². The van der Waals surface area contributed by atoms with Crippen LogP contribution in [0.3, 0.4) is 0 Å². The molecule has 0 bridgehead atoms. The number of aromatic nitrogens is 1. The van der Waals surface area contributed by atoms with Gasteiger partial charge in [-0.2, -0.15) is 0 Å². The lowest BCUT2D eigenvalue weighted by atomic mass is 9.94. The third-order valence-corrected chi connectivity index (χ3v) is 3.67. The van der Waals surface area contributed by atoms with Crippen molar-refractivity contribution < 1.29 is 4.79 Å². The predicted octanol–water partition coefficient (Wildman–Crippen LogP) is 1.16. The molecule has 2 atom stereocenters. The summed E-state index contributed by atoms with van der Waals surface area (Å²) in [5, 5.41) is 2.98. The standard InChI is InChI=1S/C16H18N4O/c21-16(18-10-12-5-4-8-17-9-12)14-11-19-20-15(14)13-6-2-1-3-7-13/h1-9,14-15,19-20H,10-11H2,(H,18,21). The van der Waals surface area contributed by atoms with E-state index in [0.717, 1.165) is 11.1 Å². The number of amides is 1. The second-order valence-electron chi connectivity index (χ2n) is 5.10. The van der Waals surface area contributed by atoms with E-state index in [1.807, 2.05) is 42.5 Å². The minimum atomic E-state index is -0.121. The zero-order valence-electron chi connectivity index (χ0n) is 11.6. The number of hydrogen-bond donors (Lipinski definition) is 3. The Morgan fingerprint density at radius 2 is 2.10 bits per heavy atom. The molecule has 3 rings (SSSR count). The summed E-state index contributed by atoms with van der Waals surface area (Å²) in [6.45, 7) is 1.13. The van der Waals surface area contributed by atoms with Gasteiger partial charge in [0.2, 0.25) is 5.91 Å². The summed E-state index contributed by atoms with van der Waals surface area (Å²) >= 11 is 0. The molecule has 3 N–H and O–H groups in total. The fraction of sp³-hybridized carbons (Fsp3) is 0.250. The Kier molecular flexibility index (Phi) is 4.23. The van der Waals surface area contributed by atoms with Gasteiger partial charge >= 0.3 is 0 Å². The molecule has 21 heavy (non-hydrogen) atoms. The first-order valence-corrected chi connectivity index (χ1v) is 7.04. The summed E-state index contributed by atoms with van der Waals surface area (Å²) in [6.07, 6.45) is 3.49. The molecule has 1 saturated heterocycles. The van der Waals surface area contributed by atoms with Crippen molar-refractivity contribution in [3.63, 3.8) is 0 Å². The Balaban J connectivity index is 1.64. The Morgan fingerprint density at radius 1 is 1.24 bits per heavy atom. The van der Waals surface area contributed by atoms with Crippen molar-refractivity contribution >= 4 is 5.91 Å². The molecule has 5 heteroatoms. The van der Waals surface area contributed by atoms with Gasteiger partial charge in [-0.1, -0.05) is 36.4 Å². The third kappa shape index (κ3) is 3.26. The molecule has 1 aliphatic heterocycles. The molecule has 1 amide bonds. The van der Waals surface area contributed by atoms with E-state index in [0.29, 0.717) is 13.1 Å². The summed E-state index contributed by atoms with van der Waals surface area (Å²) in [5.74, 6) is -0.0747. The lowest BCUT2D eigenvalue weighted by molar-refractivity contribution is -0.125. The minimum absolute atomic E-state index is 0.0000911. The molecular formula is C16H18N4O. The number of carbonyl (C=O) groups excluding carboxylic acids is 1. The topological polar surface area (TPSA) is 66.0 Å². The largest absolute Gasteiger partial charge is 0.352 e. The highest BCUT2D eigenvalue weighted by Crippen LogP contribution is 2.24. The van der Waals surface area contributed by atoms with Gasteiger partial charge in [0.1, 0.15) is 0 Å². The minimum Gasteiger partial charge on any atom is -0.352 e. The molecule has 1 aliphatic rings. The van der Waals surface area contributed by atoms with Crippen molar-refractivity contribution in [2.24, 2.45) is 5.92 Å². The first kappa shape index (κ1) is 13.7. The van der Waals surface area contributed by atoms with E-state index in [1.54, 1.807) is 12.4 Å². The highest BCUT2D eigenvalue weighted by molar-refractivity contribution is 5.80. The molecule has 0 radical (unpaired) electrons. The summed E-state index contributed by atoms with van der Waals surface area (Å²) < 4.78 is 0. The smallest absolute Gasteiger partial charge is 0.226 e. The van der Waals surface area contributed by atoms with Crippen LogP contribution in [-0.2, 0) is 11.3 Å². The maximum atomic E-state index is 12.4. The van der Waals surface area contributed by atoms with Gasteiger partial charge in [0.15, 0.2) is 0 Å². The molecule has 5 nitrogen and oxygen atoms in total. The molecule has 1 aromatic carbocycles. The summed E-state index contributed by atoms with van der Waals surface area (Å²) in [5.41, 5.74) is 8.37. The number of nitrogens with zero attached hydrogens (tertiary/aromatic N) is 1. The average molecular weight is 282 g/mol. The van der Waals surface area contributed by atoms with Crippen LogP contribution in [0.2, 0.25) is 0 Å². The van der Waals surface area contributed by atoms with Crippen LogP contribution in [0.15, 0.2) is 54.9 Å². The number of rotatable bonds is 4. The molecule has 1 aromatic heterocycles. The van der Waals surface area contributed by atoms with Crippen LogP contribution < -0.4 is 16.2 Å². The zero-order valence-corrected chi connectivity index (χ0v) is 11.6. The van der Waals surface area contributed by atoms with E-state index in [1.165, 1.54) is 0 Å². The van der Waals surface area contributed by atoms with Gasteiger partial charge in [-0.05, 0) is 17.2 Å². The van der Waals surface area contributed by atoms with Crippen molar-refractivity contribution in [3.05, 3.63) is 66.0 Å². The maximum Gasteiger partial charge on any atom is 0.226 e. The van der Waals surface area contributed by atoms with E-state index < -0.39 is 0 Å². The normalized spacial score (nSPS) is 21.1. The van der Waals surface area contributed by atoms with Crippen molar-refractivity contribution in [2.45, 2.75) is 12.6 Å². The van der Waals surface area contributed by atoms with Crippen LogP contribution in [0, 0.1) is 5.92 Å². The lowest BCUT2D eigenvalue weighted by Gasteiger charge is -2.18. The number of hydrazine groups is 1. The summed E-state index contributed by atoms with van der Waals surface area (Å²) in [4.78, 5) is 16.4. The Hall–Kier alpha value is -2.24. The zero-order chi connectivity index (χ0) is 14.5. The van der Waals surface area contributed by atoms with Crippen LogP contribution in [0.4, 0.5) is 0 Å². The molecule has 0 saturated carbocycles. The van der Waals surface area contributed by atoms with Crippen LogP contribution in [-0.4, -0.2) is 17.4 Å². The Bertz CT molecular complexity index is 588. The number of nitrogens with one attached hydrogen (secondary N) is 3. The second-order valence-corrected chi connectivity index (χ2v) is 5.10. The number of hydrogen-bond acceptors (Lipinski definition) is 4. The van der Waals surface area contributed by atoms with Crippen molar-refractivity contribution in [1.29, 1.82) is 0 Å². The summed E-state index contributed by atoms with van der Waals surface area (Å²) in [6, 6.07) is 13.8. The van der Waals surface area contributed by atoms with Crippen LogP contribution in [0.5, 0.6) is 0 Å². The fourth-order valence-electron chi connectivity index (χ4n) is 2.54. The predicted molar refractivity (Wildman–Crippen MR) is 79.9 cm³/mol. The molecule has 0 spiro atoms. The van der Waals surface area contributed by atoms with Crippen LogP contribution in [0.1, 0.15) is 17.2 Å². The van der Waals surface area contributed by atoms with E-state index in [9.17, 15) is 4.79 Å². The van der Waals surface area contributed by atoms with Crippen LogP contribution in [0.25, 0.3) is 0 Å². The van der Waals surface area contributed by atoms with E-state index >= 15 is 0 Å². The third-order valence-electron chi connectivity index (χ3n) is 3.67. The summed E-state index contributed by atoms with van der Waals surface area (Å²) in [7, 11) is 0. The molecular weight excluding hydrogens is 264 g/mol. The Morgan fingerprint density at radius 3 is 2.86 bits per heavy atom. The number of carbonyl (C=O) groups is 1. The van der Waals surface area contributed by atoms with Crippen molar-refractivity contribution in [2.75, 3.05) is 6.54 Å². The SMILES string of the molecule is O=C(NCc1cccnc1)C1CNNC1c1ccccc1. The molecule has 0 aliphatic carbocycles. The lowest BCUT2D eigenvalue weighted by Crippen LogP contribution is -2.34. The monoisotopic (exact) mass is 282 g/mol. The van der Waals surface area contributed by atoms with Crippen LogP contribution >= 0.6 is 0 Å². The van der Waals surface area contributed by atoms with Gasteiger partial charge in [0.25, 0.3) is 0 Å². The first-order chi connectivity index (χ1) is 10.3. The fourth-order valence-corrected chi connectivity index (χ4v) is 2.54.